The molecule has 1 aliphatic rings. The topological polar surface area (TPSA) is 18.5 Å². The van der Waals surface area contributed by atoms with Gasteiger partial charge >= 0.3 is 0 Å². The van der Waals surface area contributed by atoms with Crippen molar-refractivity contribution in [2.24, 2.45) is 0 Å². The molecule has 0 atom stereocenters. The van der Waals surface area contributed by atoms with E-state index in [0.29, 0.717) is 0 Å². The Morgan fingerprint density at radius 1 is 0.609 bits per heavy atom. The lowest BCUT2D eigenvalue weighted by atomic mass is 9.95. The molecule has 2 aromatic rings. The first-order chi connectivity index (χ1) is 11.0. The second-order valence-electron chi connectivity index (χ2n) is 6.39. The van der Waals surface area contributed by atoms with E-state index in [0.717, 1.165) is 11.5 Å². The smallest absolute Gasteiger partial charge is 0.118 e. The number of rotatable bonds is 4. The van der Waals surface area contributed by atoms with Crippen molar-refractivity contribution in [1.29, 1.82) is 0 Å². The summed E-state index contributed by atoms with van der Waals surface area (Å²) in [5.74, 6) is 1.78. The van der Waals surface area contributed by atoms with Gasteiger partial charge in [-0.05, 0) is 46.5 Å². The van der Waals surface area contributed by atoms with Crippen molar-refractivity contribution in [3.63, 3.8) is 0 Å². The van der Waals surface area contributed by atoms with Crippen LogP contribution < -0.4 is 9.47 Å². The van der Waals surface area contributed by atoms with Gasteiger partial charge in [-0.3, -0.25) is 0 Å². The molecule has 3 rings (SSSR count). The van der Waals surface area contributed by atoms with E-state index < -0.39 is 8.07 Å². The zero-order valence-corrected chi connectivity index (χ0v) is 15.1. The highest BCUT2D eigenvalue weighted by Crippen LogP contribution is 2.40. The first-order valence-corrected chi connectivity index (χ1v) is 10.9. The summed E-state index contributed by atoms with van der Waals surface area (Å²) in [6.07, 6.45) is 0. The molecule has 0 spiro atoms. The molecule has 0 aliphatic carbocycles. The number of ether oxygens (including phenoxy) is 2. The molecule has 1 aliphatic heterocycles. The number of allylic oxidation sites excluding steroid dienone is 2. The number of hydrogen-bond donors (Lipinski definition) is 0. The fourth-order valence-electron chi connectivity index (χ4n) is 2.96. The zero-order valence-electron chi connectivity index (χ0n) is 14.1. The minimum Gasteiger partial charge on any atom is -0.497 e. The van der Waals surface area contributed by atoms with Crippen LogP contribution in [-0.2, 0) is 0 Å². The van der Waals surface area contributed by atoms with E-state index in [-0.39, 0.29) is 0 Å². The van der Waals surface area contributed by atoms with E-state index in [9.17, 15) is 0 Å². The first-order valence-electron chi connectivity index (χ1n) is 7.77. The van der Waals surface area contributed by atoms with E-state index in [1.165, 1.54) is 22.3 Å². The predicted molar refractivity (Wildman–Crippen MR) is 99.4 cm³/mol. The van der Waals surface area contributed by atoms with Crippen molar-refractivity contribution < 1.29 is 9.47 Å². The van der Waals surface area contributed by atoms with Crippen molar-refractivity contribution in [3.05, 3.63) is 71.1 Å². The Morgan fingerprint density at radius 3 is 1.26 bits per heavy atom. The second-order valence-corrected chi connectivity index (χ2v) is 10.6. The third-order valence-corrected chi connectivity index (χ3v) is 6.19. The van der Waals surface area contributed by atoms with Gasteiger partial charge in [-0.15, -0.1) is 0 Å². The van der Waals surface area contributed by atoms with Crippen LogP contribution in [0.25, 0.3) is 11.1 Å². The quantitative estimate of drug-likeness (QED) is 0.740. The van der Waals surface area contributed by atoms with Crippen molar-refractivity contribution in [3.8, 4) is 11.5 Å². The van der Waals surface area contributed by atoms with Crippen LogP contribution in [-0.4, -0.2) is 22.3 Å². The molecule has 0 aromatic heterocycles. The predicted octanol–water partition coefficient (Wildman–Crippen LogP) is 4.97. The van der Waals surface area contributed by atoms with E-state index in [1.54, 1.807) is 14.2 Å². The molecule has 0 N–H and O–H groups in total. The number of hydrogen-bond acceptors (Lipinski definition) is 2. The Labute approximate surface area is 139 Å². The maximum absolute atomic E-state index is 5.27. The fraction of sp³-hybridized carbons (Fsp3) is 0.200. The second kappa shape index (κ2) is 6.09. The van der Waals surface area contributed by atoms with Gasteiger partial charge in [-0.25, -0.2) is 0 Å². The summed E-state index contributed by atoms with van der Waals surface area (Å²) < 4.78 is 10.5. The lowest BCUT2D eigenvalue weighted by Crippen LogP contribution is -2.16. The Hall–Kier alpha value is -2.26. The van der Waals surface area contributed by atoms with E-state index in [2.05, 4.69) is 48.8 Å². The first kappa shape index (κ1) is 15.6. The summed E-state index contributed by atoms with van der Waals surface area (Å²) in [7, 11) is 1.93. The molecule has 3 heteroatoms. The minimum atomic E-state index is -1.46. The van der Waals surface area contributed by atoms with E-state index in [4.69, 9.17) is 9.47 Å². The van der Waals surface area contributed by atoms with Crippen LogP contribution in [0.15, 0.2) is 59.9 Å². The Bertz CT molecular complexity index is 688. The van der Waals surface area contributed by atoms with Gasteiger partial charge in [0.1, 0.15) is 11.5 Å². The molecule has 2 nitrogen and oxygen atoms in total. The SMILES string of the molecule is COc1ccc(C2=C[Si](C)(C)C=C2c2ccc(OC)cc2)cc1. The number of methoxy groups -OCH3 is 2. The molecule has 0 bridgehead atoms. The van der Waals surface area contributed by atoms with Crippen LogP contribution in [0, 0.1) is 0 Å². The van der Waals surface area contributed by atoms with Crippen LogP contribution in [0.3, 0.4) is 0 Å². The van der Waals surface area contributed by atoms with Crippen molar-refractivity contribution in [1.82, 2.24) is 0 Å². The lowest BCUT2D eigenvalue weighted by Gasteiger charge is -2.11. The van der Waals surface area contributed by atoms with Crippen molar-refractivity contribution in [2.45, 2.75) is 13.1 Å². The van der Waals surface area contributed by atoms with Crippen LogP contribution >= 0.6 is 0 Å². The third kappa shape index (κ3) is 3.25. The maximum Gasteiger partial charge on any atom is 0.118 e. The summed E-state index contributed by atoms with van der Waals surface area (Å²) in [4.78, 5) is 0. The summed E-state index contributed by atoms with van der Waals surface area (Å²) in [6.45, 7) is 4.74. The van der Waals surface area contributed by atoms with E-state index >= 15 is 0 Å². The Balaban J connectivity index is 2.01. The lowest BCUT2D eigenvalue weighted by molar-refractivity contribution is 0.414. The van der Waals surface area contributed by atoms with Crippen LogP contribution in [0.4, 0.5) is 0 Å². The molecule has 0 saturated carbocycles. The van der Waals surface area contributed by atoms with Crippen LogP contribution in [0.2, 0.25) is 13.1 Å². The molecule has 0 saturated heterocycles. The monoisotopic (exact) mass is 322 g/mol. The largest absolute Gasteiger partial charge is 0.497 e. The van der Waals surface area contributed by atoms with Crippen molar-refractivity contribution >= 4 is 19.2 Å². The van der Waals surface area contributed by atoms with Gasteiger partial charge in [-0.2, -0.15) is 0 Å². The van der Waals surface area contributed by atoms with Gasteiger partial charge in [0.2, 0.25) is 0 Å². The zero-order chi connectivity index (χ0) is 16.4. The number of benzene rings is 2. The van der Waals surface area contributed by atoms with Gasteiger partial charge in [0.05, 0.1) is 22.3 Å². The van der Waals surface area contributed by atoms with Gasteiger partial charge in [0.15, 0.2) is 0 Å². The highest BCUT2D eigenvalue weighted by molar-refractivity contribution is 6.90. The van der Waals surface area contributed by atoms with Gasteiger partial charge < -0.3 is 9.47 Å². The Morgan fingerprint density at radius 2 is 0.957 bits per heavy atom. The highest BCUT2D eigenvalue weighted by atomic mass is 28.3. The summed E-state index contributed by atoms with van der Waals surface area (Å²) >= 11 is 0. The van der Waals surface area contributed by atoms with Crippen LogP contribution in [0.1, 0.15) is 11.1 Å². The van der Waals surface area contributed by atoms with E-state index in [1.807, 2.05) is 24.3 Å². The average molecular weight is 322 g/mol. The van der Waals surface area contributed by atoms with Gasteiger partial charge in [-0.1, -0.05) is 48.8 Å². The summed E-state index contributed by atoms with van der Waals surface area (Å²) in [5, 5.41) is 0. The molecule has 1 heterocycles. The molecule has 2 aromatic carbocycles. The molecular weight excluding hydrogens is 300 g/mol. The molecule has 118 valence electrons. The van der Waals surface area contributed by atoms with Gasteiger partial charge in [0, 0.05) is 0 Å². The van der Waals surface area contributed by atoms with Crippen molar-refractivity contribution in [2.75, 3.05) is 14.2 Å². The summed E-state index contributed by atoms with van der Waals surface area (Å²) in [5.41, 5.74) is 10.1. The van der Waals surface area contributed by atoms with Crippen LogP contribution in [0.5, 0.6) is 11.5 Å². The van der Waals surface area contributed by atoms with Gasteiger partial charge in [0.25, 0.3) is 0 Å². The summed E-state index contributed by atoms with van der Waals surface area (Å²) in [6, 6.07) is 16.6. The molecular formula is C20H22O2Si. The normalized spacial score (nSPS) is 15.8. The molecule has 0 radical (unpaired) electrons. The average Bonchev–Trinajstić information content (AvgIpc) is 2.91. The molecule has 23 heavy (non-hydrogen) atoms. The minimum absolute atomic E-state index is 0.888. The standard InChI is InChI=1S/C20H22O2Si/c1-21-17-9-5-15(6-10-17)19-13-23(3,4)14-20(19)16-7-11-18(22-2)12-8-16/h5-14H,1-4H3. The Kier molecular flexibility index (Phi) is 4.14. The maximum atomic E-state index is 5.27. The highest BCUT2D eigenvalue weighted by Gasteiger charge is 2.26. The molecule has 0 unspecified atom stereocenters. The third-order valence-electron chi connectivity index (χ3n) is 4.12. The molecule has 0 fully saturated rings. The fourth-order valence-corrected chi connectivity index (χ4v) is 5.18. The molecule has 0 amide bonds.